The van der Waals surface area contributed by atoms with Crippen LogP contribution in [0.1, 0.15) is 38.3 Å². The maximum atomic E-state index is 8.95. The van der Waals surface area contributed by atoms with E-state index in [1.165, 1.54) is 12.0 Å². The van der Waals surface area contributed by atoms with Crippen molar-refractivity contribution in [2.45, 2.75) is 34.1 Å². The second-order valence-electron chi connectivity index (χ2n) is 6.80. The molecule has 1 aliphatic rings. The van der Waals surface area contributed by atoms with Crippen LogP contribution in [0.5, 0.6) is 0 Å². The molecule has 0 aliphatic carbocycles. The molecular weight excluding hydrogens is 250 g/mol. The summed E-state index contributed by atoms with van der Waals surface area (Å²) in [4.78, 5) is 2.36. The van der Waals surface area contributed by atoms with Gasteiger partial charge in [-0.15, -0.1) is 0 Å². The van der Waals surface area contributed by atoms with Crippen molar-refractivity contribution >= 4 is 11.5 Å². The van der Waals surface area contributed by atoms with Gasteiger partial charge in [0.25, 0.3) is 0 Å². The van der Waals surface area contributed by atoms with Gasteiger partial charge in [0.05, 0.1) is 0 Å². The van der Waals surface area contributed by atoms with E-state index in [0.717, 1.165) is 24.3 Å². The number of nitrogens with zero attached hydrogens (tertiary/aromatic N) is 2. The van der Waals surface area contributed by atoms with Crippen LogP contribution in [0.4, 0.5) is 5.69 Å². The Morgan fingerprint density at radius 2 is 2.10 bits per heavy atom. The largest absolute Gasteiger partial charge is 0.409 e. The third kappa shape index (κ3) is 2.89. The standard InChI is InChI=1S/C16H25N3O/c1-11-5-6-13(15(17)18-20)14(9-11)19-8-7-12(10-19)16(2,3)4/h5-6,9,12,20H,7-8,10H2,1-4H3,(H2,17,18). The fourth-order valence-electron chi connectivity index (χ4n) is 2.86. The number of anilines is 1. The van der Waals surface area contributed by atoms with Gasteiger partial charge in [-0.3, -0.25) is 0 Å². The minimum absolute atomic E-state index is 0.180. The van der Waals surface area contributed by atoms with Gasteiger partial charge in [-0.05, 0) is 42.4 Å². The monoisotopic (exact) mass is 275 g/mol. The van der Waals surface area contributed by atoms with Crippen LogP contribution in [0, 0.1) is 18.3 Å². The zero-order valence-electron chi connectivity index (χ0n) is 12.8. The summed E-state index contributed by atoms with van der Waals surface area (Å²) >= 11 is 0. The molecule has 1 aromatic carbocycles. The van der Waals surface area contributed by atoms with Crippen molar-refractivity contribution in [1.29, 1.82) is 0 Å². The van der Waals surface area contributed by atoms with Gasteiger partial charge in [0.1, 0.15) is 0 Å². The van der Waals surface area contributed by atoms with Crippen LogP contribution in [-0.4, -0.2) is 24.1 Å². The Morgan fingerprint density at radius 1 is 1.40 bits per heavy atom. The van der Waals surface area contributed by atoms with Crippen LogP contribution >= 0.6 is 0 Å². The highest BCUT2D eigenvalue weighted by Gasteiger charge is 2.32. The van der Waals surface area contributed by atoms with E-state index in [-0.39, 0.29) is 5.84 Å². The van der Waals surface area contributed by atoms with Crippen LogP contribution in [0.25, 0.3) is 0 Å². The molecule has 1 saturated heterocycles. The zero-order chi connectivity index (χ0) is 14.9. The Balaban J connectivity index is 2.32. The topological polar surface area (TPSA) is 61.9 Å². The van der Waals surface area contributed by atoms with Crippen molar-refractivity contribution in [3.8, 4) is 0 Å². The maximum absolute atomic E-state index is 8.95. The average molecular weight is 275 g/mol. The molecular formula is C16H25N3O. The quantitative estimate of drug-likeness (QED) is 0.377. The highest BCUT2D eigenvalue weighted by Crippen LogP contribution is 2.36. The van der Waals surface area contributed by atoms with Crippen molar-refractivity contribution in [3.63, 3.8) is 0 Å². The minimum Gasteiger partial charge on any atom is -0.409 e. The van der Waals surface area contributed by atoms with Crippen LogP contribution in [-0.2, 0) is 0 Å². The van der Waals surface area contributed by atoms with Gasteiger partial charge in [-0.25, -0.2) is 0 Å². The maximum Gasteiger partial charge on any atom is 0.172 e. The van der Waals surface area contributed by atoms with Crippen molar-refractivity contribution in [1.82, 2.24) is 0 Å². The van der Waals surface area contributed by atoms with Crippen molar-refractivity contribution in [2.75, 3.05) is 18.0 Å². The zero-order valence-corrected chi connectivity index (χ0v) is 12.8. The van der Waals surface area contributed by atoms with Gasteiger partial charge in [-0.2, -0.15) is 0 Å². The minimum atomic E-state index is 0.180. The molecule has 20 heavy (non-hydrogen) atoms. The predicted octanol–water partition coefficient (Wildman–Crippen LogP) is 2.96. The number of oxime groups is 1. The van der Waals surface area contributed by atoms with Crippen molar-refractivity contribution < 1.29 is 5.21 Å². The Hall–Kier alpha value is -1.71. The average Bonchev–Trinajstić information content (AvgIpc) is 2.87. The van der Waals surface area contributed by atoms with Crippen molar-refractivity contribution in [2.24, 2.45) is 22.2 Å². The highest BCUT2D eigenvalue weighted by molar-refractivity contribution is 6.02. The lowest BCUT2D eigenvalue weighted by molar-refractivity contribution is 0.263. The van der Waals surface area contributed by atoms with Gasteiger partial charge in [0.15, 0.2) is 5.84 Å². The number of nitrogens with two attached hydrogens (primary N) is 1. The number of benzene rings is 1. The summed E-state index contributed by atoms with van der Waals surface area (Å²) in [6.45, 7) is 11.0. The van der Waals surface area contributed by atoms with Gasteiger partial charge < -0.3 is 15.8 Å². The first-order valence-corrected chi connectivity index (χ1v) is 7.16. The molecule has 1 heterocycles. The molecule has 1 unspecified atom stereocenters. The van der Waals surface area contributed by atoms with Crippen molar-refractivity contribution in [3.05, 3.63) is 29.3 Å². The summed E-state index contributed by atoms with van der Waals surface area (Å²) in [5.74, 6) is 0.849. The van der Waals surface area contributed by atoms with Gasteiger partial charge in [0, 0.05) is 24.3 Å². The molecule has 0 amide bonds. The molecule has 0 bridgehead atoms. The molecule has 2 rings (SSSR count). The summed E-state index contributed by atoms with van der Waals surface area (Å²) in [7, 11) is 0. The normalized spacial score (nSPS) is 20.5. The Morgan fingerprint density at radius 3 is 2.65 bits per heavy atom. The lowest BCUT2D eigenvalue weighted by atomic mass is 9.80. The Kier molecular flexibility index (Phi) is 3.93. The van der Waals surface area contributed by atoms with E-state index in [9.17, 15) is 0 Å². The van der Waals surface area contributed by atoms with E-state index in [1.54, 1.807) is 0 Å². The molecule has 0 saturated carbocycles. The molecule has 1 aliphatic heterocycles. The van der Waals surface area contributed by atoms with Gasteiger partial charge in [-0.1, -0.05) is 32.0 Å². The lowest BCUT2D eigenvalue weighted by Gasteiger charge is -2.28. The number of aryl methyl sites for hydroxylation is 1. The van der Waals surface area contributed by atoms with Gasteiger partial charge >= 0.3 is 0 Å². The van der Waals surface area contributed by atoms with E-state index in [1.807, 2.05) is 12.1 Å². The van der Waals surface area contributed by atoms with E-state index >= 15 is 0 Å². The molecule has 0 radical (unpaired) electrons. The predicted molar refractivity (Wildman–Crippen MR) is 83.5 cm³/mol. The summed E-state index contributed by atoms with van der Waals surface area (Å²) < 4.78 is 0. The molecule has 1 aromatic rings. The van der Waals surface area contributed by atoms with Gasteiger partial charge in [0.2, 0.25) is 0 Å². The first-order valence-electron chi connectivity index (χ1n) is 7.16. The number of hydrogen-bond donors (Lipinski definition) is 2. The molecule has 4 nitrogen and oxygen atoms in total. The lowest BCUT2D eigenvalue weighted by Crippen LogP contribution is -2.28. The SMILES string of the molecule is Cc1ccc(/C(N)=N/O)c(N2CCC(C(C)(C)C)C2)c1. The second-order valence-corrected chi connectivity index (χ2v) is 6.80. The molecule has 1 fully saturated rings. The summed E-state index contributed by atoms with van der Waals surface area (Å²) in [5.41, 5.74) is 9.20. The summed E-state index contributed by atoms with van der Waals surface area (Å²) in [5, 5.41) is 12.1. The molecule has 4 heteroatoms. The molecule has 1 atom stereocenters. The first kappa shape index (κ1) is 14.7. The number of hydrogen-bond acceptors (Lipinski definition) is 3. The number of amidine groups is 1. The van der Waals surface area contributed by atoms with E-state index in [2.05, 4.69) is 43.8 Å². The number of rotatable bonds is 2. The summed E-state index contributed by atoms with van der Waals surface area (Å²) in [6.07, 6.45) is 1.19. The van der Waals surface area contributed by atoms with Crippen LogP contribution < -0.4 is 10.6 Å². The smallest absolute Gasteiger partial charge is 0.172 e. The third-order valence-electron chi connectivity index (χ3n) is 4.29. The fourth-order valence-corrected chi connectivity index (χ4v) is 2.86. The molecule has 110 valence electrons. The molecule has 0 aromatic heterocycles. The van der Waals surface area contributed by atoms with Crippen LogP contribution in [0.3, 0.4) is 0 Å². The summed E-state index contributed by atoms with van der Waals surface area (Å²) in [6, 6.07) is 6.05. The first-order chi connectivity index (χ1) is 9.32. The fraction of sp³-hybridized carbons (Fsp3) is 0.562. The van der Waals surface area contributed by atoms with E-state index in [0.29, 0.717) is 11.3 Å². The molecule has 0 spiro atoms. The van der Waals surface area contributed by atoms with Crippen LogP contribution in [0.15, 0.2) is 23.4 Å². The third-order valence-corrected chi connectivity index (χ3v) is 4.29. The van der Waals surface area contributed by atoms with E-state index in [4.69, 9.17) is 10.9 Å². The molecule has 3 N–H and O–H groups in total. The highest BCUT2D eigenvalue weighted by atomic mass is 16.4. The van der Waals surface area contributed by atoms with E-state index < -0.39 is 0 Å². The Bertz CT molecular complexity index is 517. The van der Waals surface area contributed by atoms with Crippen LogP contribution in [0.2, 0.25) is 0 Å². The Labute approximate surface area is 121 Å². The second kappa shape index (κ2) is 5.35.